The van der Waals surface area contributed by atoms with Gasteiger partial charge in [-0.1, -0.05) is 26.0 Å². The van der Waals surface area contributed by atoms with Gasteiger partial charge in [-0.3, -0.25) is 19.1 Å². The summed E-state index contributed by atoms with van der Waals surface area (Å²) in [4.78, 5) is 44.7. The van der Waals surface area contributed by atoms with Gasteiger partial charge in [-0.15, -0.1) is 0 Å². The Labute approximate surface area is 162 Å². The van der Waals surface area contributed by atoms with Gasteiger partial charge in [-0.2, -0.15) is 0 Å². The molecule has 7 nitrogen and oxygen atoms in total. The Bertz CT molecular complexity index is 1190. The number of amides is 1. The molecule has 3 rings (SSSR count). The second kappa shape index (κ2) is 7.42. The first-order valence-electron chi connectivity index (χ1n) is 9.29. The molecule has 0 aliphatic heterocycles. The van der Waals surface area contributed by atoms with Crippen molar-refractivity contribution in [2.24, 2.45) is 0 Å². The maximum absolute atomic E-state index is 13.1. The Balaban J connectivity index is 2.27. The van der Waals surface area contributed by atoms with E-state index in [1.807, 2.05) is 45.9 Å². The zero-order valence-corrected chi connectivity index (χ0v) is 16.7. The summed E-state index contributed by atoms with van der Waals surface area (Å²) in [5.74, 6) is -0.383. The molecule has 7 heteroatoms. The number of aromatic nitrogens is 3. The van der Waals surface area contributed by atoms with Gasteiger partial charge in [0.2, 0.25) is 0 Å². The summed E-state index contributed by atoms with van der Waals surface area (Å²) in [5.41, 5.74) is 2.55. The van der Waals surface area contributed by atoms with Gasteiger partial charge >= 0.3 is 5.69 Å². The van der Waals surface area contributed by atoms with Crippen LogP contribution in [0.4, 0.5) is 5.69 Å². The van der Waals surface area contributed by atoms with E-state index >= 15 is 0 Å². The van der Waals surface area contributed by atoms with Crippen molar-refractivity contribution in [3.8, 4) is 0 Å². The number of benzene rings is 1. The van der Waals surface area contributed by atoms with Crippen molar-refractivity contribution in [2.75, 3.05) is 5.32 Å². The predicted octanol–water partition coefficient (Wildman–Crippen LogP) is 3.10. The first-order valence-corrected chi connectivity index (χ1v) is 9.29. The number of hydrogen-bond acceptors (Lipinski definition) is 4. The molecule has 2 heterocycles. The van der Waals surface area contributed by atoms with E-state index in [9.17, 15) is 14.4 Å². The average molecular weight is 380 g/mol. The summed E-state index contributed by atoms with van der Waals surface area (Å²) >= 11 is 0. The molecular formula is C21H24N4O3. The van der Waals surface area contributed by atoms with E-state index in [0.717, 1.165) is 11.1 Å². The van der Waals surface area contributed by atoms with Crippen LogP contribution in [-0.4, -0.2) is 20.4 Å². The number of aromatic amines is 1. The summed E-state index contributed by atoms with van der Waals surface area (Å²) in [7, 11) is 0. The van der Waals surface area contributed by atoms with Crippen molar-refractivity contribution in [3.63, 3.8) is 0 Å². The molecule has 0 bridgehead atoms. The van der Waals surface area contributed by atoms with Gasteiger partial charge in [0.15, 0.2) is 5.65 Å². The summed E-state index contributed by atoms with van der Waals surface area (Å²) < 4.78 is 1.37. The number of aryl methyl sites for hydroxylation is 3. The smallest absolute Gasteiger partial charge is 0.322 e. The summed E-state index contributed by atoms with van der Waals surface area (Å²) in [6, 6.07) is 7.41. The molecule has 1 amide bonds. The Morgan fingerprint density at radius 2 is 1.93 bits per heavy atom. The molecule has 2 aromatic heterocycles. The average Bonchev–Trinajstić information content (AvgIpc) is 2.63. The molecule has 0 aliphatic carbocycles. The van der Waals surface area contributed by atoms with Crippen molar-refractivity contribution in [1.29, 1.82) is 0 Å². The number of carbonyl (C=O) groups is 1. The number of rotatable bonds is 4. The highest BCUT2D eigenvalue weighted by Crippen LogP contribution is 2.22. The van der Waals surface area contributed by atoms with Gasteiger partial charge in [0.1, 0.15) is 0 Å². The molecule has 0 saturated heterocycles. The van der Waals surface area contributed by atoms with E-state index in [0.29, 0.717) is 17.9 Å². The van der Waals surface area contributed by atoms with E-state index in [4.69, 9.17) is 0 Å². The summed E-state index contributed by atoms with van der Waals surface area (Å²) in [6.45, 7) is 9.86. The van der Waals surface area contributed by atoms with Crippen LogP contribution in [0.25, 0.3) is 11.0 Å². The number of nitrogens with zero attached hydrogens (tertiary/aromatic N) is 2. The molecule has 0 atom stereocenters. The molecular weight excluding hydrogens is 356 g/mol. The van der Waals surface area contributed by atoms with E-state index in [1.165, 1.54) is 4.57 Å². The molecule has 3 aromatic rings. The molecule has 146 valence electrons. The maximum Gasteiger partial charge on any atom is 0.329 e. The lowest BCUT2D eigenvalue weighted by Gasteiger charge is -2.15. The van der Waals surface area contributed by atoms with Crippen LogP contribution in [0, 0.1) is 13.8 Å². The van der Waals surface area contributed by atoms with E-state index in [1.54, 1.807) is 13.0 Å². The van der Waals surface area contributed by atoms with E-state index < -0.39 is 17.2 Å². The molecule has 2 N–H and O–H groups in total. The quantitative estimate of drug-likeness (QED) is 0.727. The molecule has 0 fully saturated rings. The highest BCUT2D eigenvalue weighted by atomic mass is 16.2. The highest BCUT2D eigenvalue weighted by molar-refractivity contribution is 6.12. The van der Waals surface area contributed by atoms with Crippen LogP contribution >= 0.6 is 0 Å². The number of nitrogens with one attached hydrogen (secondary N) is 2. The third-order valence-corrected chi connectivity index (χ3v) is 4.76. The Morgan fingerprint density at radius 1 is 1.21 bits per heavy atom. The van der Waals surface area contributed by atoms with Gasteiger partial charge in [0.05, 0.1) is 10.9 Å². The standard InChI is InChI=1S/C21H24N4O3/c1-6-25-18-17(20(27)24-21(25)28)14(10-15(22-18)11(2)3)19(26)23-16-9-12(4)7-8-13(16)5/h7-11H,6H2,1-5H3,(H,23,26)(H,24,27,28). The monoisotopic (exact) mass is 380 g/mol. The number of hydrogen-bond donors (Lipinski definition) is 2. The fourth-order valence-corrected chi connectivity index (χ4v) is 3.12. The zero-order chi connectivity index (χ0) is 20.6. The fraction of sp³-hybridized carbons (Fsp3) is 0.333. The van der Waals surface area contributed by atoms with Gasteiger partial charge in [-0.05, 0) is 49.9 Å². The van der Waals surface area contributed by atoms with Crippen LogP contribution in [0.1, 0.15) is 53.9 Å². The van der Waals surface area contributed by atoms with Crippen molar-refractivity contribution in [3.05, 3.63) is 67.5 Å². The molecule has 0 saturated carbocycles. The normalized spacial score (nSPS) is 11.2. The van der Waals surface area contributed by atoms with Crippen LogP contribution in [-0.2, 0) is 6.54 Å². The van der Waals surface area contributed by atoms with E-state index in [2.05, 4.69) is 15.3 Å². The lowest BCUT2D eigenvalue weighted by Crippen LogP contribution is -2.32. The predicted molar refractivity (Wildman–Crippen MR) is 110 cm³/mol. The molecule has 1 aromatic carbocycles. The molecule has 0 radical (unpaired) electrons. The number of anilines is 1. The lowest BCUT2D eigenvalue weighted by molar-refractivity contribution is 0.102. The van der Waals surface area contributed by atoms with Crippen molar-refractivity contribution in [2.45, 2.75) is 47.1 Å². The first-order chi connectivity index (χ1) is 13.2. The molecule has 0 unspecified atom stereocenters. The van der Waals surface area contributed by atoms with Crippen LogP contribution in [0.15, 0.2) is 33.9 Å². The minimum absolute atomic E-state index is 0.0244. The zero-order valence-electron chi connectivity index (χ0n) is 16.7. The maximum atomic E-state index is 13.1. The summed E-state index contributed by atoms with van der Waals surface area (Å²) in [5, 5.41) is 3.02. The largest absolute Gasteiger partial charge is 0.329 e. The van der Waals surface area contributed by atoms with Crippen LogP contribution in [0.2, 0.25) is 0 Å². The minimum Gasteiger partial charge on any atom is -0.322 e. The first kappa shape index (κ1) is 19.5. The lowest BCUT2D eigenvalue weighted by atomic mass is 10.0. The third-order valence-electron chi connectivity index (χ3n) is 4.76. The summed E-state index contributed by atoms with van der Waals surface area (Å²) in [6.07, 6.45) is 0. The Kier molecular flexibility index (Phi) is 5.18. The fourth-order valence-electron chi connectivity index (χ4n) is 3.12. The van der Waals surface area contributed by atoms with Crippen molar-refractivity contribution < 1.29 is 4.79 Å². The van der Waals surface area contributed by atoms with Crippen LogP contribution < -0.4 is 16.6 Å². The van der Waals surface area contributed by atoms with Crippen LogP contribution in [0.3, 0.4) is 0 Å². The SMILES string of the molecule is CCn1c(=O)[nH]c(=O)c2c(C(=O)Nc3cc(C)ccc3C)cc(C(C)C)nc21. The second-order valence-corrected chi connectivity index (χ2v) is 7.22. The van der Waals surface area contributed by atoms with Gasteiger partial charge in [0.25, 0.3) is 11.5 Å². The molecule has 0 spiro atoms. The van der Waals surface area contributed by atoms with E-state index in [-0.39, 0.29) is 22.5 Å². The minimum atomic E-state index is -0.612. The highest BCUT2D eigenvalue weighted by Gasteiger charge is 2.20. The molecule has 28 heavy (non-hydrogen) atoms. The number of H-pyrrole nitrogens is 1. The van der Waals surface area contributed by atoms with Gasteiger partial charge in [-0.25, -0.2) is 9.78 Å². The third kappa shape index (κ3) is 3.47. The number of carbonyl (C=O) groups excluding carboxylic acids is 1. The van der Waals surface area contributed by atoms with Crippen LogP contribution in [0.5, 0.6) is 0 Å². The topological polar surface area (TPSA) is 96.9 Å². The van der Waals surface area contributed by atoms with Gasteiger partial charge in [0, 0.05) is 17.9 Å². The van der Waals surface area contributed by atoms with Gasteiger partial charge < -0.3 is 5.32 Å². The Hall–Kier alpha value is -3.22. The van der Waals surface area contributed by atoms with Crippen molar-refractivity contribution in [1.82, 2.24) is 14.5 Å². The second-order valence-electron chi connectivity index (χ2n) is 7.22. The number of pyridine rings is 1. The Morgan fingerprint density at radius 3 is 2.57 bits per heavy atom. The molecule has 0 aliphatic rings. The van der Waals surface area contributed by atoms with Crippen molar-refractivity contribution >= 4 is 22.6 Å². The number of fused-ring (bicyclic) bond motifs is 1.